The number of thioether (sulfide) groups is 1. The van der Waals surface area contributed by atoms with E-state index in [4.69, 9.17) is 0 Å². The van der Waals surface area contributed by atoms with Gasteiger partial charge in [0.15, 0.2) is 11.6 Å². The Balaban J connectivity index is 2.44. The maximum Gasteiger partial charge on any atom is 0.261 e. The molecule has 1 aromatic heterocycles. The minimum atomic E-state index is -1.02. The Kier molecular flexibility index (Phi) is 3.96. The lowest BCUT2D eigenvalue weighted by atomic mass is 10.2. The van der Waals surface area contributed by atoms with E-state index in [1.807, 2.05) is 6.26 Å². The highest BCUT2D eigenvalue weighted by molar-refractivity contribution is 7.98. The van der Waals surface area contributed by atoms with Gasteiger partial charge >= 0.3 is 0 Å². The molecule has 0 aliphatic carbocycles. The van der Waals surface area contributed by atoms with Gasteiger partial charge in [0.1, 0.15) is 0 Å². The van der Waals surface area contributed by atoms with E-state index in [2.05, 4.69) is 4.98 Å². The van der Waals surface area contributed by atoms with Crippen molar-refractivity contribution in [1.82, 2.24) is 9.55 Å². The fourth-order valence-corrected chi connectivity index (χ4v) is 2.11. The first-order valence-electron chi connectivity index (χ1n) is 5.46. The quantitative estimate of drug-likeness (QED) is 0.800. The molecule has 96 valence electrons. The van der Waals surface area contributed by atoms with Crippen molar-refractivity contribution < 1.29 is 8.78 Å². The fraction of sp³-hybridized carbons (Fsp3) is 0.333. The summed E-state index contributed by atoms with van der Waals surface area (Å²) in [7, 11) is 0. The number of halogens is 2. The van der Waals surface area contributed by atoms with Gasteiger partial charge in [-0.3, -0.25) is 9.36 Å². The molecule has 0 N–H and O–H groups in total. The maximum atomic E-state index is 13.1. The molecule has 0 aliphatic heterocycles. The number of hydrogen-bond acceptors (Lipinski definition) is 3. The lowest BCUT2D eigenvalue weighted by Gasteiger charge is -2.06. The van der Waals surface area contributed by atoms with Crippen LogP contribution >= 0.6 is 11.8 Å². The molecular formula is C12H12F2N2OS. The number of aryl methyl sites for hydroxylation is 1. The van der Waals surface area contributed by atoms with Crippen LogP contribution in [0.25, 0.3) is 10.9 Å². The molecule has 0 saturated heterocycles. The zero-order valence-electron chi connectivity index (χ0n) is 9.82. The predicted molar refractivity (Wildman–Crippen MR) is 68.9 cm³/mol. The first-order chi connectivity index (χ1) is 8.63. The summed E-state index contributed by atoms with van der Waals surface area (Å²) in [5.74, 6) is -1.08. The average molecular weight is 270 g/mol. The highest BCUT2D eigenvalue weighted by Gasteiger charge is 2.09. The van der Waals surface area contributed by atoms with Gasteiger partial charge in [-0.2, -0.15) is 11.8 Å². The first kappa shape index (κ1) is 13.0. The van der Waals surface area contributed by atoms with E-state index < -0.39 is 11.6 Å². The summed E-state index contributed by atoms with van der Waals surface area (Å²) in [6.07, 6.45) is 4.19. The molecule has 6 heteroatoms. The van der Waals surface area contributed by atoms with Gasteiger partial charge in [-0.05, 0) is 24.5 Å². The van der Waals surface area contributed by atoms with E-state index in [9.17, 15) is 13.6 Å². The molecular weight excluding hydrogens is 258 g/mol. The maximum absolute atomic E-state index is 13.1. The van der Waals surface area contributed by atoms with Crippen LogP contribution in [0.4, 0.5) is 8.78 Å². The number of benzene rings is 1. The third-order valence-corrected chi connectivity index (χ3v) is 3.31. The first-order valence-corrected chi connectivity index (χ1v) is 6.86. The smallest absolute Gasteiger partial charge is 0.261 e. The molecule has 0 spiro atoms. The van der Waals surface area contributed by atoms with Crippen molar-refractivity contribution >= 4 is 22.7 Å². The monoisotopic (exact) mass is 270 g/mol. The Morgan fingerprint density at radius 2 is 2.06 bits per heavy atom. The van der Waals surface area contributed by atoms with Gasteiger partial charge in [-0.1, -0.05) is 0 Å². The Morgan fingerprint density at radius 1 is 1.33 bits per heavy atom. The van der Waals surface area contributed by atoms with Crippen molar-refractivity contribution in [2.24, 2.45) is 0 Å². The van der Waals surface area contributed by atoms with E-state index in [1.54, 1.807) is 11.8 Å². The van der Waals surface area contributed by atoms with Gasteiger partial charge in [0, 0.05) is 12.6 Å². The molecule has 2 aromatic rings. The summed E-state index contributed by atoms with van der Waals surface area (Å²) in [5.41, 5.74) is -0.153. The van der Waals surface area contributed by atoms with Crippen LogP contribution in [0.2, 0.25) is 0 Å². The summed E-state index contributed by atoms with van der Waals surface area (Å²) in [5, 5.41) is 0.112. The Bertz CT molecular complexity index is 627. The normalized spacial score (nSPS) is 11.1. The minimum Gasteiger partial charge on any atom is -0.299 e. The van der Waals surface area contributed by atoms with Crippen LogP contribution < -0.4 is 5.56 Å². The summed E-state index contributed by atoms with van der Waals surface area (Å²) < 4.78 is 27.5. The van der Waals surface area contributed by atoms with Crippen LogP contribution in [0.15, 0.2) is 23.3 Å². The van der Waals surface area contributed by atoms with Crippen molar-refractivity contribution in [3.05, 3.63) is 40.4 Å². The molecule has 0 aliphatic rings. The molecule has 1 heterocycles. The van der Waals surface area contributed by atoms with Gasteiger partial charge in [0.05, 0.1) is 17.2 Å². The van der Waals surface area contributed by atoms with Crippen molar-refractivity contribution in [3.63, 3.8) is 0 Å². The standard InChI is InChI=1S/C12H12F2N2OS/c1-18-4-2-3-16-7-15-11-6-10(14)9(13)5-8(11)12(16)17/h5-7H,2-4H2,1H3. The molecule has 0 bridgehead atoms. The zero-order chi connectivity index (χ0) is 13.1. The molecule has 1 aromatic carbocycles. The van der Waals surface area contributed by atoms with Crippen LogP contribution in [0.5, 0.6) is 0 Å². The van der Waals surface area contributed by atoms with Crippen LogP contribution in [0, 0.1) is 11.6 Å². The third kappa shape index (κ3) is 2.53. The molecule has 0 radical (unpaired) electrons. The molecule has 0 atom stereocenters. The second-order valence-electron chi connectivity index (χ2n) is 3.87. The van der Waals surface area contributed by atoms with Gasteiger partial charge < -0.3 is 0 Å². The zero-order valence-corrected chi connectivity index (χ0v) is 10.6. The largest absolute Gasteiger partial charge is 0.299 e. The summed E-state index contributed by atoms with van der Waals surface area (Å²) in [6, 6.07) is 1.85. The molecule has 0 saturated carbocycles. The molecule has 0 fully saturated rings. The van der Waals surface area contributed by atoms with Crippen molar-refractivity contribution in [2.75, 3.05) is 12.0 Å². The highest BCUT2D eigenvalue weighted by Crippen LogP contribution is 2.13. The second-order valence-corrected chi connectivity index (χ2v) is 4.86. The van der Waals surface area contributed by atoms with Crippen molar-refractivity contribution in [3.8, 4) is 0 Å². The van der Waals surface area contributed by atoms with Gasteiger partial charge in [-0.25, -0.2) is 13.8 Å². The van der Waals surface area contributed by atoms with E-state index in [0.717, 1.165) is 24.3 Å². The topological polar surface area (TPSA) is 34.9 Å². The van der Waals surface area contributed by atoms with Crippen LogP contribution in [0.1, 0.15) is 6.42 Å². The Labute approximate surface area is 107 Å². The Morgan fingerprint density at radius 3 is 2.78 bits per heavy atom. The number of fused-ring (bicyclic) bond motifs is 1. The molecule has 0 amide bonds. The summed E-state index contributed by atoms with van der Waals surface area (Å²) >= 11 is 1.69. The average Bonchev–Trinajstić information content (AvgIpc) is 2.35. The van der Waals surface area contributed by atoms with Gasteiger partial charge in [0.25, 0.3) is 5.56 Å². The summed E-state index contributed by atoms with van der Waals surface area (Å²) in [6.45, 7) is 0.529. The number of nitrogens with zero attached hydrogens (tertiary/aromatic N) is 2. The van der Waals surface area contributed by atoms with E-state index in [1.165, 1.54) is 10.9 Å². The number of rotatable bonds is 4. The van der Waals surface area contributed by atoms with E-state index in [-0.39, 0.29) is 16.5 Å². The van der Waals surface area contributed by atoms with E-state index in [0.29, 0.717) is 6.54 Å². The number of aromatic nitrogens is 2. The molecule has 2 rings (SSSR count). The lowest BCUT2D eigenvalue weighted by molar-refractivity contribution is 0.510. The third-order valence-electron chi connectivity index (χ3n) is 2.61. The molecule has 3 nitrogen and oxygen atoms in total. The summed E-state index contributed by atoms with van der Waals surface area (Å²) in [4.78, 5) is 16.0. The number of hydrogen-bond donors (Lipinski definition) is 0. The van der Waals surface area contributed by atoms with Crippen molar-refractivity contribution in [2.45, 2.75) is 13.0 Å². The minimum absolute atomic E-state index is 0.112. The van der Waals surface area contributed by atoms with Gasteiger partial charge in [0.2, 0.25) is 0 Å². The van der Waals surface area contributed by atoms with Gasteiger partial charge in [-0.15, -0.1) is 0 Å². The molecule has 18 heavy (non-hydrogen) atoms. The SMILES string of the molecule is CSCCCn1cnc2cc(F)c(F)cc2c1=O. The van der Waals surface area contributed by atoms with Crippen LogP contribution in [-0.2, 0) is 6.54 Å². The lowest BCUT2D eigenvalue weighted by Crippen LogP contribution is -2.21. The Hall–Kier alpha value is -1.43. The van der Waals surface area contributed by atoms with Crippen molar-refractivity contribution in [1.29, 1.82) is 0 Å². The van der Waals surface area contributed by atoms with Crippen LogP contribution in [-0.4, -0.2) is 21.6 Å². The predicted octanol–water partition coefficient (Wildman–Crippen LogP) is 2.43. The van der Waals surface area contributed by atoms with E-state index >= 15 is 0 Å². The fourth-order valence-electron chi connectivity index (χ4n) is 1.69. The second kappa shape index (κ2) is 5.48. The highest BCUT2D eigenvalue weighted by atomic mass is 32.2. The van der Waals surface area contributed by atoms with Crippen LogP contribution in [0.3, 0.4) is 0 Å². The molecule has 0 unspecified atom stereocenters.